The Bertz CT molecular complexity index is 651. The summed E-state index contributed by atoms with van der Waals surface area (Å²) in [6, 6.07) is 10.5. The first-order chi connectivity index (χ1) is 9.00. The van der Waals surface area contributed by atoms with Crippen molar-refractivity contribution in [2.45, 2.75) is 13.0 Å². The Morgan fingerprint density at radius 1 is 1.21 bits per heavy atom. The van der Waals surface area contributed by atoms with Crippen molar-refractivity contribution in [3.8, 4) is 0 Å². The third-order valence-corrected chi connectivity index (χ3v) is 2.90. The molecule has 0 radical (unpaired) electrons. The van der Waals surface area contributed by atoms with E-state index in [1.807, 2.05) is 12.1 Å². The lowest BCUT2D eigenvalue weighted by Gasteiger charge is -2.17. The molecule has 0 saturated carbocycles. The van der Waals surface area contributed by atoms with Gasteiger partial charge in [-0.15, -0.1) is 0 Å². The molecule has 0 saturated heterocycles. The van der Waals surface area contributed by atoms with Crippen LogP contribution >= 0.6 is 0 Å². The van der Waals surface area contributed by atoms with E-state index in [2.05, 4.69) is 0 Å². The molecule has 3 N–H and O–H groups in total. The molecule has 0 aliphatic rings. The standard InChI is InChI=1S/C14H13NO4/c1-8(19-14(15)18)12-10-5-3-2-4-9(10)6-7-11(12)13(16)17/h2-8H,1H3,(H2,15,18)(H,16,17). The minimum atomic E-state index is -1.07. The number of rotatable bonds is 3. The maximum Gasteiger partial charge on any atom is 0.405 e. The number of fused-ring (bicyclic) bond motifs is 1. The van der Waals surface area contributed by atoms with E-state index in [9.17, 15) is 14.7 Å². The molecule has 0 fully saturated rings. The molecule has 19 heavy (non-hydrogen) atoms. The minimum Gasteiger partial charge on any atom is -0.478 e. The summed E-state index contributed by atoms with van der Waals surface area (Å²) in [4.78, 5) is 22.1. The van der Waals surface area contributed by atoms with Crippen LogP contribution in [-0.4, -0.2) is 17.2 Å². The van der Waals surface area contributed by atoms with Crippen LogP contribution in [0.3, 0.4) is 0 Å². The first kappa shape index (κ1) is 12.9. The highest BCUT2D eigenvalue weighted by Gasteiger charge is 2.20. The molecule has 0 aliphatic carbocycles. The second-order valence-corrected chi connectivity index (χ2v) is 4.13. The number of carboxylic acids is 1. The molecule has 5 nitrogen and oxygen atoms in total. The quantitative estimate of drug-likeness (QED) is 0.886. The minimum absolute atomic E-state index is 0.104. The highest BCUT2D eigenvalue weighted by Crippen LogP contribution is 2.30. The lowest BCUT2D eigenvalue weighted by Crippen LogP contribution is -2.17. The number of nitrogens with two attached hydrogens (primary N) is 1. The largest absolute Gasteiger partial charge is 0.478 e. The highest BCUT2D eigenvalue weighted by atomic mass is 16.6. The van der Waals surface area contributed by atoms with Crippen LogP contribution in [0.4, 0.5) is 4.79 Å². The van der Waals surface area contributed by atoms with Crippen molar-refractivity contribution in [3.63, 3.8) is 0 Å². The molecule has 1 amide bonds. The van der Waals surface area contributed by atoms with E-state index in [-0.39, 0.29) is 5.56 Å². The zero-order valence-electron chi connectivity index (χ0n) is 10.3. The van der Waals surface area contributed by atoms with Gasteiger partial charge in [0.1, 0.15) is 6.10 Å². The summed E-state index contributed by atoms with van der Waals surface area (Å²) in [6.45, 7) is 1.60. The Morgan fingerprint density at radius 3 is 2.53 bits per heavy atom. The van der Waals surface area contributed by atoms with E-state index >= 15 is 0 Å². The third kappa shape index (κ3) is 2.49. The molecule has 0 bridgehead atoms. The summed E-state index contributed by atoms with van der Waals surface area (Å²) in [5, 5.41) is 10.8. The van der Waals surface area contributed by atoms with Gasteiger partial charge in [-0.05, 0) is 23.8 Å². The molecule has 0 spiro atoms. The van der Waals surface area contributed by atoms with Gasteiger partial charge >= 0.3 is 12.1 Å². The maximum atomic E-state index is 11.3. The Labute approximate surface area is 109 Å². The molecule has 2 aromatic rings. The molecule has 2 aromatic carbocycles. The van der Waals surface area contributed by atoms with Crippen molar-refractivity contribution >= 4 is 22.8 Å². The van der Waals surface area contributed by atoms with Gasteiger partial charge in [-0.25, -0.2) is 9.59 Å². The third-order valence-electron chi connectivity index (χ3n) is 2.90. The van der Waals surface area contributed by atoms with Crippen molar-refractivity contribution in [1.82, 2.24) is 0 Å². The average molecular weight is 259 g/mol. The number of aromatic carboxylic acids is 1. The Balaban J connectivity index is 2.68. The van der Waals surface area contributed by atoms with Crippen LogP contribution in [0.1, 0.15) is 28.9 Å². The topological polar surface area (TPSA) is 89.6 Å². The maximum absolute atomic E-state index is 11.3. The van der Waals surface area contributed by atoms with Crippen molar-refractivity contribution < 1.29 is 19.4 Å². The van der Waals surface area contributed by atoms with Crippen LogP contribution in [0.15, 0.2) is 36.4 Å². The lowest BCUT2D eigenvalue weighted by atomic mass is 9.95. The van der Waals surface area contributed by atoms with E-state index in [1.165, 1.54) is 6.07 Å². The van der Waals surface area contributed by atoms with E-state index in [0.29, 0.717) is 5.56 Å². The Morgan fingerprint density at radius 2 is 1.89 bits per heavy atom. The molecule has 0 aromatic heterocycles. The van der Waals surface area contributed by atoms with E-state index in [4.69, 9.17) is 10.5 Å². The number of hydrogen-bond donors (Lipinski definition) is 2. The summed E-state index contributed by atoms with van der Waals surface area (Å²) >= 11 is 0. The molecule has 0 aliphatic heterocycles. The number of amides is 1. The molecular weight excluding hydrogens is 246 g/mol. The van der Waals surface area contributed by atoms with Crippen LogP contribution < -0.4 is 5.73 Å². The number of hydrogen-bond acceptors (Lipinski definition) is 3. The van der Waals surface area contributed by atoms with Gasteiger partial charge in [-0.3, -0.25) is 0 Å². The predicted molar refractivity (Wildman–Crippen MR) is 70.0 cm³/mol. The van der Waals surface area contributed by atoms with Crippen molar-refractivity contribution in [1.29, 1.82) is 0 Å². The van der Waals surface area contributed by atoms with E-state index in [0.717, 1.165) is 10.8 Å². The van der Waals surface area contributed by atoms with Gasteiger partial charge in [0.05, 0.1) is 5.56 Å². The molecule has 5 heteroatoms. The van der Waals surface area contributed by atoms with Crippen molar-refractivity contribution in [2.75, 3.05) is 0 Å². The molecule has 98 valence electrons. The molecule has 0 heterocycles. The number of carboxylic acid groups (broad SMARTS) is 1. The van der Waals surface area contributed by atoms with Gasteiger partial charge in [0.25, 0.3) is 0 Å². The predicted octanol–water partition coefficient (Wildman–Crippen LogP) is 2.69. The highest BCUT2D eigenvalue weighted by molar-refractivity contribution is 5.98. The van der Waals surface area contributed by atoms with Crippen LogP contribution in [-0.2, 0) is 4.74 Å². The number of ether oxygens (including phenoxy) is 1. The van der Waals surface area contributed by atoms with Crippen LogP contribution in [0.2, 0.25) is 0 Å². The molecular formula is C14H13NO4. The van der Waals surface area contributed by atoms with Gasteiger partial charge in [0, 0.05) is 5.56 Å². The van der Waals surface area contributed by atoms with Gasteiger partial charge in [-0.2, -0.15) is 0 Å². The normalized spacial score (nSPS) is 12.1. The summed E-state index contributed by atoms with van der Waals surface area (Å²) in [5.41, 5.74) is 5.55. The van der Waals surface area contributed by atoms with Gasteiger partial charge in [0.2, 0.25) is 0 Å². The van der Waals surface area contributed by atoms with Gasteiger partial charge in [0.15, 0.2) is 0 Å². The summed E-state index contributed by atoms with van der Waals surface area (Å²) < 4.78 is 4.91. The molecule has 2 rings (SSSR count). The lowest BCUT2D eigenvalue weighted by molar-refractivity contribution is 0.0685. The average Bonchev–Trinajstić information content (AvgIpc) is 2.36. The smallest absolute Gasteiger partial charge is 0.405 e. The fraction of sp³-hybridized carbons (Fsp3) is 0.143. The first-order valence-electron chi connectivity index (χ1n) is 5.71. The van der Waals surface area contributed by atoms with E-state index in [1.54, 1.807) is 25.1 Å². The summed E-state index contributed by atoms with van der Waals surface area (Å²) in [6.07, 6.45) is -1.66. The Hall–Kier alpha value is -2.56. The Kier molecular flexibility index (Phi) is 3.37. The van der Waals surface area contributed by atoms with Crippen LogP contribution in [0, 0.1) is 0 Å². The van der Waals surface area contributed by atoms with Crippen molar-refractivity contribution in [2.24, 2.45) is 5.73 Å². The monoisotopic (exact) mass is 259 g/mol. The van der Waals surface area contributed by atoms with Crippen LogP contribution in [0.5, 0.6) is 0 Å². The number of carbonyl (C=O) groups excluding carboxylic acids is 1. The van der Waals surface area contributed by atoms with Gasteiger partial charge < -0.3 is 15.6 Å². The molecule has 1 unspecified atom stereocenters. The number of carbonyl (C=O) groups is 2. The zero-order valence-corrected chi connectivity index (χ0v) is 10.3. The van der Waals surface area contributed by atoms with Crippen LogP contribution in [0.25, 0.3) is 10.8 Å². The van der Waals surface area contributed by atoms with Crippen molar-refractivity contribution in [3.05, 3.63) is 47.5 Å². The van der Waals surface area contributed by atoms with E-state index < -0.39 is 18.2 Å². The SMILES string of the molecule is CC(OC(N)=O)c1c(C(=O)O)ccc2ccccc12. The zero-order chi connectivity index (χ0) is 14.0. The second-order valence-electron chi connectivity index (χ2n) is 4.13. The number of benzene rings is 2. The first-order valence-corrected chi connectivity index (χ1v) is 5.71. The fourth-order valence-electron chi connectivity index (χ4n) is 2.15. The summed E-state index contributed by atoms with van der Waals surface area (Å²) in [5.74, 6) is -1.07. The summed E-state index contributed by atoms with van der Waals surface area (Å²) in [7, 11) is 0. The van der Waals surface area contributed by atoms with Gasteiger partial charge in [-0.1, -0.05) is 30.3 Å². The fourth-order valence-corrected chi connectivity index (χ4v) is 2.15. The number of primary amides is 1. The molecule has 1 atom stereocenters. The second kappa shape index (κ2) is 4.97.